The lowest BCUT2D eigenvalue weighted by molar-refractivity contribution is -0.121. The van der Waals surface area contributed by atoms with E-state index in [-0.39, 0.29) is 0 Å². The highest BCUT2D eigenvalue weighted by atomic mass is 16.1. The maximum atomic E-state index is 12.3. The van der Waals surface area contributed by atoms with Gasteiger partial charge in [0.15, 0.2) is 0 Å². The van der Waals surface area contributed by atoms with E-state index in [2.05, 4.69) is 13.8 Å². The quantitative estimate of drug-likeness (QED) is 0.603. The number of carbonyl (C=O) groups excluding carboxylic acids is 1. The molecule has 1 heteroatoms. The first kappa shape index (κ1) is 16.0. The van der Waals surface area contributed by atoms with Crippen molar-refractivity contribution in [3.63, 3.8) is 0 Å². The molecule has 0 bridgehead atoms. The van der Waals surface area contributed by atoms with Gasteiger partial charge in [0.05, 0.1) is 0 Å². The third-order valence-corrected chi connectivity index (χ3v) is 6.12. The Hall–Kier alpha value is -0.330. The third kappa shape index (κ3) is 4.90. The lowest BCUT2D eigenvalue weighted by Crippen LogP contribution is -2.20. The smallest absolute Gasteiger partial charge is 0.133 e. The molecule has 2 saturated carbocycles. The van der Waals surface area contributed by atoms with E-state index in [0.717, 1.165) is 36.5 Å². The fourth-order valence-corrected chi connectivity index (χ4v) is 4.41. The maximum Gasteiger partial charge on any atom is 0.133 e. The lowest BCUT2D eigenvalue weighted by Gasteiger charge is -2.29. The summed E-state index contributed by atoms with van der Waals surface area (Å²) in [4.78, 5) is 12.3. The summed E-state index contributed by atoms with van der Waals surface area (Å²) >= 11 is 0. The second-order valence-electron chi connectivity index (χ2n) is 7.54. The molecule has 20 heavy (non-hydrogen) atoms. The fraction of sp³-hybridized carbons (Fsp3) is 0.947. The van der Waals surface area contributed by atoms with Gasteiger partial charge in [0.1, 0.15) is 5.78 Å². The van der Waals surface area contributed by atoms with Crippen LogP contribution in [-0.2, 0) is 4.79 Å². The molecule has 0 saturated heterocycles. The predicted molar refractivity (Wildman–Crippen MR) is 85.7 cm³/mol. The van der Waals surface area contributed by atoms with Crippen LogP contribution in [0, 0.1) is 23.7 Å². The molecule has 0 heterocycles. The largest absolute Gasteiger partial charge is 0.300 e. The van der Waals surface area contributed by atoms with Crippen molar-refractivity contribution in [2.45, 2.75) is 90.9 Å². The summed E-state index contributed by atoms with van der Waals surface area (Å²) in [6.07, 6.45) is 15.2. The molecule has 1 nitrogen and oxygen atoms in total. The molecule has 2 rings (SSSR count). The minimum atomic E-state index is 0.574. The van der Waals surface area contributed by atoms with Crippen molar-refractivity contribution in [3.8, 4) is 0 Å². The summed E-state index contributed by atoms with van der Waals surface area (Å²) in [5.74, 6) is 3.91. The molecule has 2 aliphatic rings. The second kappa shape index (κ2) is 8.20. The molecule has 116 valence electrons. The molecular formula is C19H34O. The Balaban J connectivity index is 1.63. The van der Waals surface area contributed by atoms with Crippen LogP contribution in [0.4, 0.5) is 0 Å². The molecule has 0 aromatic carbocycles. The summed E-state index contributed by atoms with van der Waals surface area (Å²) in [5.41, 5.74) is 0. The van der Waals surface area contributed by atoms with Crippen LogP contribution in [0.3, 0.4) is 0 Å². The van der Waals surface area contributed by atoms with Gasteiger partial charge < -0.3 is 0 Å². The van der Waals surface area contributed by atoms with Crippen molar-refractivity contribution in [3.05, 3.63) is 0 Å². The van der Waals surface area contributed by atoms with Crippen molar-refractivity contribution >= 4 is 5.78 Å². The molecule has 0 aromatic rings. The zero-order chi connectivity index (χ0) is 14.4. The molecule has 0 amide bonds. The van der Waals surface area contributed by atoms with E-state index in [1.807, 2.05) is 0 Å². The topological polar surface area (TPSA) is 17.1 Å². The van der Waals surface area contributed by atoms with Crippen LogP contribution in [0.2, 0.25) is 0 Å². The van der Waals surface area contributed by atoms with Crippen LogP contribution < -0.4 is 0 Å². The molecule has 2 fully saturated rings. The average molecular weight is 278 g/mol. The Morgan fingerprint density at radius 3 is 1.25 bits per heavy atom. The van der Waals surface area contributed by atoms with Gasteiger partial charge >= 0.3 is 0 Å². The van der Waals surface area contributed by atoms with E-state index in [1.54, 1.807) is 0 Å². The average Bonchev–Trinajstić information content (AvgIpc) is 2.49. The van der Waals surface area contributed by atoms with E-state index >= 15 is 0 Å². The summed E-state index contributed by atoms with van der Waals surface area (Å²) < 4.78 is 0. The normalized spacial score (nSPS) is 34.9. The number of carbonyl (C=O) groups is 1. The Kier molecular flexibility index (Phi) is 6.58. The fourth-order valence-electron chi connectivity index (χ4n) is 4.41. The van der Waals surface area contributed by atoms with Gasteiger partial charge in [0.2, 0.25) is 0 Å². The summed E-state index contributed by atoms with van der Waals surface area (Å²) in [6, 6.07) is 0. The van der Waals surface area contributed by atoms with Crippen LogP contribution in [-0.4, -0.2) is 5.78 Å². The monoisotopic (exact) mass is 278 g/mol. The van der Waals surface area contributed by atoms with Crippen molar-refractivity contribution < 1.29 is 4.79 Å². The molecule has 0 N–H and O–H groups in total. The third-order valence-electron chi connectivity index (χ3n) is 6.12. The van der Waals surface area contributed by atoms with Crippen molar-refractivity contribution in [2.24, 2.45) is 23.7 Å². The van der Waals surface area contributed by atoms with Gasteiger partial charge in [-0.1, -0.05) is 52.4 Å². The molecule has 0 spiro atoms. The SMILES string of the molecule is CCC1CCC(CC(=O)CC2CCC(CC)CC2)CC1. The summed E-state index contributed by atoms with van der Waals surface area (Å²) in [5, 5.41) is 0. The van der Waals surface area contributed by atoms with Crippen LogP contribution >= 0.6 is 0 Å². The van der Waals surface area contributed by atoms with Crippen molar-refractivity contribution in [1.29, 1.82) is 0 Å². The lowest BCUT2D eigenvalue weighted by atomic mass is 9.76. The molecule has 0 radical (unpaired) electrons. The van der Waals surface area contributed by atoms with Gasteiger partial charge in [-0.3, -0.25) is 4.79 Å². The summed E-state index contributed by atoms with van der Waals surface area (Å²) in [6.45, 7) is 4.62. The second-order valence-corrected chi connectivity index (χ2v) is 7.54. The first-order valence-corrected chi connectivity index (χ1v) is 9.22. The Morgan fingerprint density at radius 2 is 0.950 bits per heavy atom. The number of hydrogen-bond donors (Lipinski definition) is 0. The Bertz CT molecular complexity index is 252. The van der Waals surface area contributed by atoms with Crippen LogP contribution in [0.1, 0.15) is 90.9 Å². The van der Waals surface area contributed by atoms with Crippen LogP contribution in [0.5, 0.6) is 0 Å². The number of rotatable bonds is 6. The zero-order valence-electron chi connectivity index (χ0n) is 13.7. The van der Waals surface area contributed by atoms with E-state index in [0.29, 0.717) is 5.78 Å². The highest BCUT2D eigenvalue weighted by Crippen LogP contribution is 2.35. The molecule has 0 aliphatic heterocycles. The van der Waals surface area contributed by atoms with E-state index in [9.17, 15) is 4.79 Å². The van der Waals surface area contributed by atoms with E-state index < -0.39 is 0 Å². The minimum Gasteiger partial charge on any atom is -0.300 e. The Labute approximate surface area is 125 Å². The number of Topliss-reactive ketones (excluding diaryl/α,β-unsaturated/α-hetero) is 1. The van der Waals surface area contributed by atoms with E-state index in [4.69, 9.17) is 0 Å². The molecule has 0 atom stereocenters. The molecule has 0 unspecified atom stereocenters. The molecular weight excluding hydrogens is 244 g/mol. The maximum absolute atomic E-state index is 12.3. The zero-order valence-corrected chi connectivity index (χ0v) is 13.7. The van der Waals surface area contributed by atoms with Crippen LogP contribution in [0.25, 0.3) is 0 Å². The standard InChI is InChI=1S/C19H34O/c1-3-15-5-9-17(10-6-15)13-19(20)14-18-11-7-16(4-2)8-12-18/h15-18H,3-14H2,1-2H3. The first-order chi connectivity index (χ1) is 9.71. The highest BCUT2D eigenvalue weighted by Gasteiger charge is 2.25. The van der Waals surface area contributed by atoms with Gasteiger partial charge in [-0.05, 0) is 49.4 Å². The molecule has 0 aromatic heterocycles. The minimum absolute atomic E-state index is 0.574. The van der Waals surface area contributed by atoms with Gasteiger partial charge in [0.25, 0.3) is 0 Å². The van der Waals surface area contributed by atoms with Gasteiger partial charge in [-0.2, -0.15) is 0 Å². The van der Waals surface area contributed by atoms with Gasteiger partial charge in [0, 0.05) is 12.8 Å². The van der Waals surface area contributed by atoms with Crippen molar-refractivity contribution in [2.75, 3.05) is 0 Å². The van der Waals surface area contributed by atoms with E-state index in [1.165, 1.54) is 64.2 Å². The van der Waals surface area contributed by atoms with Crippen molar-refractivity contribution in [1.82, 2.24) is 0 Å². The number of hydrogen-bond acceptors (Lipinski definition) is 1. The number of ketones is 1. The predicted octanol–water partition coefficient (Wildman–Crippen LogP) is 5.77. The summed E-state index contributed by atoms with van der Waals surface area (Å²) in [7, 11) is 0. The van der Waals surface area contributed by atoms with Gasteiger partial charge in [-0.25, -0.2) is 0 Å². The highest BCUT2D eigenvalue weighted by molar-refractivity contribution is 5.78. The Morgan fingerprint density at radius 1 is 0.650 bits per heavy atom. The first-order valence-electron chi connectivity index (χ1n) is 9.22. The van der Waals surface area contributed by atoms with Crippen LogP contribution in [0.15, 0.2) is 0 Å². The van der Waals surface area contributed by atoms with Gasteiger partial charge in [-0.15, -0.1) is 0 Å². The molecule has 2 aliphatic carbocycles.